The molecule has 2 atom stereocenters. The fraction of sp³-hybridized carbons (Fsp3) is 0.389. The van der Waals surface area contributed by atoms with E-state index in [0.29, 0.717) is 11.7 Å². The molecule has 0 bridgehead atoms. The smallest absolute Gasteiger partial charge is 0.256 e. The summed E-state index contributed by atoms with van der Waals surface area (Å²) in [4.78, 5) is 14.0. The van der Waals surface area contributed by atoms with Crippen LogP contribution in [0.15, 0.2) is 18.2 Å². The number of hydrogen-bond donors (Lipinski definition) is 3. The molecule has 1 amide bonds. The van der Waals surface area contributed by atoms with Crippen molar-refractivity contribution in [2.24, 2.45) is 5.92 Å². The zero-order valence-corrected chi connectivity index (χ0v) is 14.5. The molecule has 1 aromatic heterocycles. The third kappa shape index (κ3) is 2.41. The first-order valence-corrected chi connectivity index (χ1v) is 8.97. The molecule has 24 heavy (non-hydrogen) atoms. The first-order valence-electron chi connectivity index (χ1n) is 8.15. The number of ether oxygens (including phenoxy) is 1. The Morgan fingerprint density at radius 1 is 1.33 bits per heavy atom. The maximum absolute atomic E-state index is 12.7. The lowest BCUT2D eigenvalue weighted by atomic mass is 9.88. The summed E-state index contributed by atoms with van der Waals surface area (Å²) in [6.07, 6.45) is 2.82. The molecule has 1 aromatic carbocycles. The van der Waals surface area contributed by atoms with Crippen molar-refractivity contribution in [3.8, 4) is 11.5 Å². The fourth-order valence-corrected chi connectivity index (χ4v) is 4.95. The number of fused-ring (bicyclic) bond motifs is 3. The number of rotatable bonds is 2. The molecule has 6 heteroatoms. The average molecular weight is 344 g/mol. The minimum atomic E-state index is -0.348. The number of carbonyl (C=O) groups is 1. The van der Waals surface area contributed by atoms with Gasteiger partial charge in [-0.2, -0.15) is 0 Å². The summed E-state index contributed by atoms with van der Waals surface area (Å²) in [6.45, 7) is 2.26. The van der Waals surface area contributed by atoms with Crippen molar-refractivity contribution in [3.63, 3.8) is 0 Å². The normalized spacial score (nSPS) is 22.2. The Labute approximate surface area is 144 Å². The summed E-state index contributed by atoms with van der Waals surface area (Å²) in [6, 6.07) is 5.17. The standard InChI is InChI=1S/C18H20N2O3S/c1-9-3-5-11-14(7-9)24-18-15(11)17(22)19-16(20-18)10-4-6-13(23-2)12(21)8-10/h4,6,8-9,16,20-21H,3,5,7H2,1-2H3,(H,19,22)/t9-,16-/m1/s1. The molecule has 3 N–H and O–H groups in total. The maximum atomic E-state index is 12.7. The van der Waals surface area contributed by atoms with Gasteiger partial charge >= 0.3 is 0 Å². The van der Waals surface area contributed by atoms with Gasteiger partial charge in [0.1, 0.15) is 11.2 Å². The molecule has 0 spiro atoms. The second kappa shape index (κ2) is 5.70. The average Bonchev–Trinajstić information content (AvgIpc) is 2.92. The second-order valence-electron chi connectivity index (χ2n) is 6.54. The van der Waals surface area contributed by atoms with Crippen molar-refractivity contribution in [2.45, 2.75) is 32.4 Å². The molecule has 126 valence electrons. The molecule has 0 radical (unpaired) electrons. The third-order valence-electron chi connectivity index (χ3n) is 4.83. The Morgan fingerprint density at radius 3 is 2.92 bits per heavy atom. The number of hydrogen-bond acceptors (Lipinski definition) is 5. The van der Waals surface area contributed by atoms with E-state index in [0.717, 1.165) is 35.4 Å². The number of nitrogens with one attached hydrogen (secondary N) is 2. The monoisotopic (exact) mass is 344 g/mol. The van der Waals surface area contributed by atoms with Crippen LogP contribution in [0.2, 0.25) is 0 Å². The predicted octanol–water partition coefficient (Wildman–Crippen LogP) is 3.44. The minimum absolute atomic E-state index is 0.0314. The molecule has 4 rings (SSSR count). The molecule has 2 heterocycles. The molecule has 0 saturated carbocycles. The van der Waals surface area contributed by atoms with E-state index in [1.165, 1.54) is 17.6 Å². The van der Waals surface area contributed by atoms with E-state index in [-0.39, 0.29) is 17.8 Å². The predicted molar refractivity (Wildman–Crippen MR) is 94.0 cm³/mol. The van der Waals surface area contributed by atoms with Crippen LogP contribution < -0.4 is 15.4 Å². The quantitative estimate of drug-likeness (QED) is 0.780. The second-order valence-corrected chi connectivity index (χ2v) is 7.64. The zero-order valence-electron chi connectivity index (χ0n) is 13.7. The number of thiophene rings is 1. The van der Waals surface area contributed by atoms with E-state index in [9.17, 15) is 9.90 Å². The van der Waals surface area contributed by atoms with Crippen molar-refractivity contribution in [2.75, 3.05) is 12.4 Å². The van der Waals surface area contributed by atoms with E-state index in [1.807, 2.05) is 6.07 Å². The third-order valence-corrected chi connectivity index (χ3v) is 6.01. The van der Waals surface area contributed by atoms with Crippen LogP contribution in [0.3, 0.4) is 0 Å². The van der Waals surface area contributed by atoms with Crippen LogP contribution in [0, 0.1) is 5.92 Å². The van der Waals surface area contributed by atoms with Crippen molar-refractivity contribution >= 4 is 22.2 Å². The summed E-state index contributed by atoms with van der Waals surface area (Å²) >= 11 is 1.70. The summed E-state index contributed by atoms with van der Waals surface area (Å²) < 4.78 is 5.07. The maximum Gasteiger partial charge on any atom is 0.256 e. The molecular formula is C18H20N2O3S. The molecule has 2 aromatic rings. The van der Waals surface area contributed by atoms with Gasteiger partial charge in [-0.1, -0.05) is 13.0 Å². The summed E-state index contributed by atoms with van der Waals surface area (Å²) in [7, 11) is 1.51. The highest BCUT2D eigenvalue weighted by Crippen LogP contribution is 2.43. The van der Waals surface area contributed by atoms with Gasteiger partial charge in [-0.15, -0.1) is 11.3 Å². The first-order chi connectivity index (χ1) is 11.6. The van der Waals surface area contributed by atoms with Crippen LogP contribution in [-0.2, 0) is 12.8 Å². The highest BCUT2D eigenvalue weighted by molar-refractivity contribution is 7.16. The highest BCUT2D eigenvalue weighted by atomic mass is 32.1. The first kappa shape index (κ1) is 15.3. The van der Waals surface area contributed by atoms with E-state index < -0.39 is 0 Å². The molecule has 1 aliphatic carbocycles. The van der Waals surface area contributed by atoms with Gasteiger partial charge in [-0.25, -0.2) is 0 Å². The van der Waals surface area contributed by atoms with Crippen LogP contribution in [0.1, 0.15) is 45.9 Å². The number of aromatic hydroxyl groups is 1. The molecule has 2 aliphatic rings. The Kier molecular flexibility index (Phi) is 3.64. The number of methoxy groups -OCH3 is 1. The summed E-state index contributed by atoms with van der Waals surface area (Å²) in [5, 5.41) is 17.3. The van der Waals surface area contributed by atoms with Crippen LogP contribution in [0.5, 0.6) is 11.5 Å². The zero-order chi connectivity index (χ0) is 16.8. The Balaban J connectivity index is 1.67. The highest BCUT2D eigenvalue weighted by Gasteiger charge is 2.33. The molecule has 0 fully saturated rings. The van der Waals surface area contributed by atoms with E-state index in [2.05, 4.69) is 17.6 Å². The van der Waals surface area contributed by atoms with Gasteiger partial charge in [0.25, 0.3) is 5.91 Å². The van der Waals surface area contributed by atoms with Gasteiger partial charge < -0.3 is 20.5 Å². The van der Waals surface area contributed by atoms with Crippen LogP contribution in [-0.4, -0.2) is 18.1 Å². The topological polar surface area (TPSA) is 70.6 Å². The van der Waals surface area contributed by atoms with Gasteiger partial charge in [0.15, 0.2) is 11.5 Å². The largest absolute Gasteiger partial charge is 0.504 e. The van der Waals surface area contributed by atoms with Crippen LogP contribution in [0.25, 0.3) is 0 Å². The SMILES string of the molecule is COc1ccc([C@@H]2NC(=O)c3c(sc4c3CC[C@@H](C)C4)N2)cc1O. The fourth-order valence-electron chi connectivity index (χ4n) is 3.52. The van der Waals surface area contributed by atoms with Gasteiger partial charge in [-0.3, -0.25) is 4.79 Å². The lowest BCUT2D eigenvalue weighted by Crippen LogP contribution is -2.38. The Morgan fingerprint density at radius 2 is 2.17 bits per heavy atom. The number of phenols is 1. The lowest BCUT2D eigenvalue weighted by molar-refractivity contribution is 0.0935. The number of anilines is 1. The van der Waals surface area contributed by atoms with E-state index >= 15 is 0 Å². The van der Waals surface area contributed by atoms with Crippen molar-refractivity contribution in [3.05, 3.63) is 39.8 Å². The molecule has 1 aliphatic heterocycles. The van der Waals surface area contributed by atoms with Crippen molar-refractivity contribution < 1.29 is 14.6 Å². The Hall–Kier alpha value is -2.21. The van der Waals surface area contributed by atoms with E-state index in [1.54, 1.807) is 23.5 Å². The van der Waals surface area contributed by atoms with Crippen molar-refractivity contribution in [1.82, 2.24) is 5.32 Å². The molecule has 0 saturated heterocycles. The van der Waals surface area contributed by atoms with Gasteiger partial charge in [-0.05, 0) is 48.4 Å². The van der Waals surface area contributed by atoms with Crippen molar-refractivity contribution in [1.29, 1.82) is 0 Å². The van der Waals surface area contributed by atoms with Crippen LogP contribution in [0.4, 0.5) is 5.00 Å². The van der Waals surface area contributed by atoms with Gasteiger partial charge in [0, 0.05) is 4.88 Å². The van der Waals surface area contributed by atoms with Gasteiger partial charge in [0.2, 0.25) is 0 Å². The lowest BCUT2D eigenvalue weighted by Gasteiger charge is -2.27. The number of phenolic OH excluding ortho intramolecular Hbond substituents is 1. The molecular weight excluding hydrogens is 324 g/mol. The summed E-state index contributed by atoms with van der Waals surface area (Å²) in [5.74, 6) is 1.13. The number of benzene rings is 1. The number of carbonyl (C=O) groups excluding carboxylic acids is 1. The van der Waals surface area contributed by atoms with E-state index in [4.69, 9.17) is 4.74 Å². The number of amides is 1. The van der Waals surface area contributed by atoms with Gasteiger partial charge in [0.05, 0.1) is 12.7 Å². The molecule has 0 unspecified atom stereocenters. The van der Waals surface area contributed by atoms with Crippen LogP contribution >= 0.6 is 11.3 Å². The minimum Gasteiger partial charge on any atom is -0.504 e. The Bertz CT molecular complexity index is 815. The molecule has 5 nitrogen and oxygen atoms in total. The summed E-state index contributed by atoms with van der Waals surface area (Å²) in [5.41, 5.74) is 2.83.